The van der Waals surface area contributed by atoms with E-state index in [9.17, 15) is 12.8 Å². The molecule has 0 aliphatic rings. The van der Waals surface area contributed by atoms with Crippen molar-refractivity contribution in [3.63, 3.8) is 0 Å². The van der Waals surface area contributed by atoms with Crippen LogP contribution in [0.3, 0.4) is 0 Å². The third-order valence-electron chi connectivity index (χ3n) is 2.30. The van der Waals surface area contributed by atoms with E-state index in [-0.39, 0.29) is 6.54 Å². The number of aliphatic hydroxyl groups excluding tert-OH is 1. The van der Waals surface area contributed by atoms with Gasteiger partial charge < -0.3 is 5.11 Å². The van der Waals surface area contributed by atoms with Crippen molar-refractivity contribution in [2.75, 3.05) is 13.6 Å². The third kappa shape index (κ3) is 2.85. The summed E-state index contributed by atoms with van der Waals surface area (Å²) >= 11 is 0. The van der Waals surface area contributed by atoms with Crippen molar-refractivity contribution in [3.8, 4) is 6.07 Å². The molecule has 0 radical (unpaired) electrons. The van der Waals surface area contributed by atoms with Gasteiger partial charge in [0.25, 0.3) is 0 Å². The van der Waals surface area contributed by atoms with Gasteiger partial charge in [0.1, 0.15) is 22.3 Å². The molecular weight excluding hydrogens is 259 g/mol. The minimum Gasteiger partial charge on any atom is -0.392 e. The zero-order chi connectivity index (χ0) is 13.9. The molecule has 0 amide bonds. The normalized spacial score (nSPS) is 13.3. The first-order chi connectivity index (χ1) is 8.30. The maximum Gasteiger partial charge on any atom is 0.244 e. The molecule has 1 rings (SSSR count). The summed E-state index contributed by atoms with van der Waals surface area (Å²) in [5.41, 5.74) is -0.519. The molecule has 0 aliphatic heterocycles. The second-order valence-corrected chi connectivity index (χ2v) is 5.87. The van der Waals surface area contributed by atoms with E-state index in [1.165, 1.54) is 26.1 Å². The number of rotatable bonds is 4. The van der Waals surface area contributed by atoms with Gasteiger partial charge in [0.2, 0.25) is 10.0 Å². The summed E-state index contributed by atoms with van der Waals surface area (Å²) in [6, 6.07) is 4.94. The molecule has 0 aromatic heterocycles. The van der Waals surface area contributed by atoms with Gasteiger partial charge in [-0.25, -0.2) is 12.8 Å². The number of benzene rings is 1. The molecule has 18 heavy (non-hydrogen) atoms. The smallest absolute Gasteiger partial charge is 0.244 e. The van der Waals surface area contributed by atoms with Crippen molar-refractivity contribution in [1.82, 2.24) is 4.31 Å². The zero-order valence-corrected chi connectivity index (χ0v) is 10.8. The van der Waals surface area contributed by atoms with Crippen LogP contribution in [0.5, 0.6) is 0 Å². The SMILES string of the molecule is CC(O)CN(C)S(=O)(=O)c1cccc(F)c1C#N. The molecule has 7 heteroatoms. The van der Waals surface area contributed by atoms with Gasteiger partial charge in [-0.05, 0) is 19.1 Å². The summed E-state index contributed by atoms with van der Waals surface area (Å²) in [5, 5.41) is 18.0. The van der Waals surface area contributed by atoms with E-state index in [2.05, 4.69) is 0 Å². The summed E-state index contributed by atoms with van der Waals surface area (Å²) in [5.74, 6) is -0.885. The molecule has 0 heterocycles. The molecule has 1 aromatic carbocycles. The van der Waals surface area contributed by atoms with Gasteiger partial charge in [-0.2, -0.15) is 9.57 Å². The Bertz CT molecular complexity index is 578. The average Bonchev–Trinajstić information content (AvgIpc) is 2.27. The number of likely N-dealkylation sites (N-methyl/N-ethyl adjacent to an activating group) is 1. The van der Waals surface area contributed by atoms with Gasteiger partial charge >= 0.3 is 0 Å². The maximum absolute atomic E-state index is 13.4. The maximum atomic E-state index is 13.4. The van der Waals surface area contributed by atoms with Gasteiger partial charge in [0.15, 0.2) is 0 Å². The predicted octanol–water partition coefficient (Wildman–Crippen LogP) is 0.699. The van der Waals surface area contributed by atoms with Crippen molar-refractivity contribution in [2.45, 2.75) is 17.9 Å². The largest absolute Gasteiger partial charge is 0.392 e. The zero-order valence-electron chi connectivity index (χ0n) is 9.96. The quantitative estimate of drug-likeness (QED) is 0.874. The van der Waals surface area contributed by atoms with E-state index in [0.29, 0.717) is 0 Å². The Morgan fingerprint density at radius 3 is 2.67 bits per heavy atom. The van der Waals surface area contributed by atoms with E-state index >= 15 is 0 Å². The first-order valence-electron chi connectivity index (χ1n) is 5.13. The van der Waals surface area contributed by atoms with E-state index < -0.39 is 32.4 Å². The van der Waals surface area contributed by atoms with Crippen molar-refractivity contribution in [2.24, 2.45) is 0 Å². The van der Waals surface area contributed by atoms with Crippen molar-refractivity contribution < 1.29 is 17.9 Å². The number of aliphatic hydroxyl groups is 1. The Kier molecular flexibility index (Phi) is 4.40. The molecular formula is C11H13FN2O3S. The van der Waals surface area contributed by atoms with Crippen LogP contribution in [0.1, 0.15) is 12.5 Å². The van der Waals surface area contributed by atoms with Crippen LogP contribution in [0.15, 0.2) is 23.1 Å². The summed E-state index contributed by atoms with van der Waals surface area (Å²) in [6.07, 6.45) is -0.858. The fraction of sp³-hybridized carbons (Fsp3) is 0.364. The molecule has 98 valence electrons. The Labute approximate surface area is 105 Å². The molecule has 0 spiro atoms. The first kappa shape index (κ1) is 14.6. The predicted molar refractivity (Wildman–Crippen MR) is 62.6 cm³/mol. The topological polar surface area (TPSA) is 81.4 Å². The molecule has 5 nitrogen and oxygen atoms in total. The van der Waals surface area contributed by atoms with Gasteiger partial charge in [-0.3, -0.25) is 0 Å². The average molecular weight is 272 g/mol. The van der Waals surface area contributed by atoms with Crippen LogP contribution < -0.4 is 0 Å². The molecule has 1 aromatic rings. The number of halogens is 1. The lowest BCUT2D eigenvalue weighted by Crippen LogP contribution is -2.33. The van der Waals surface area contributed by atoms with Crippen LogP contribution in [0.4, 0.5) is 4.39 Å². The highest BCUT2D eigenvalue weighted by Gasteiger charge is 2.26. The van der Waals surface area contributed by atoms with Crippen LogP contribution in [-0.4, -0.2) is 37.5 Å². The molecule has 0 bridgehead atoms. The van der Waals surface area contributed by atoms with Crippen LogP contribution in [0, 0.1) is 17.1 Å². The van der Waals surface area contributed by atoms with Gasteiger partial charge in [0.05, 0.1) is 6.10 Å². The Morgan fingerprint density at radius 1 is 1.56 bits per heavy atom. The Morgan fingerprint density at radius 2 is 2.17 bits per heavy atom. The number of nitrogens with zero attached hydrogens (tertiary/aromatic N) is 2. The molecule has 0 saturated heterocycles. The second-order valence-electron chi connectivity index (χ2n) is 3.86. The molecule has 1 unspecified atom stereocenters. The Hall–Kier alpha value is -1.49. The fourth-order valence-electron chi connectivity index (χ4n) is 1.47. The monoisotopic (exact) mass is 272 g/mol. The highest BCUT2D eigenvalue weighted by atomic mass is 32.2. The number of sulfonamides is 1. The van der Waals surface area contributed by atoms with Gasteiger partial charge in [0, 0.05) is 13.6 Å². The van der Waals surface area contributed by atoms with Crippen molar-refractivity contribution >= 4 is 10.0 Å². The lowest BCUT2D eigenvalue weighted by molar-refractivity contribution is 0.171. The number of nitriles is 1. The second kappa shape index (κ2) is 5.44. The van der Waals surface area contributed by atoms with Gasteiger partial charge in [-0.1, -0.05) is 6.07 Å². The highest BCUT2D eigenvalue weighted by Crippen LogP contribution is 2.21. The van der Waals surface area contributed by atoms with Crippen molar-refractivity contribution in [1.29, 1.82) is 5.26 Å². The third-order valence-corrected chi connectivity index (χ3v) is 4.16. The van der Waals surface area contributed by atoms with Crippen LogP contribution in [-0.2, 0) is 10.0 Å². The number of hydrogen-bond acceptors (Lipinski definition) is 4. The molecule has 1 atom stereocenters. The lowest BCUT2D eigenvalue weighted by atomic mass is 10.2. The minimum atomic E-state index is -3.99. The summed E-state index contributed by atoms with van der Waals surface area (Å²) in [7, 11) is -2.73. The van der Waals surface area contributed by atoms with E-state index in [0.717, 1.165) is 16.4 Å². The van der Waals surface area contributed by atoms with Crippen molar-refractivity contribution in [3.05, 3.63) is 29.6 Å². The van der Waals surface area contributed by atoms with Gasteiger partial charge in [-0.15, -0.1) is 0 Å². The molecule has 1 N–H and O–H groups in total. The Balaban J connectivity index is 3.30. The molecule has 0 aliphatic carbocycles. The highest BCUT2D eigenvalue weighted by molar-refractivity contribution is 7.89. The summed E-state index contributed by atoms with van der Waals surface area (Å²) < 4.78 is 38.4. The standard InChI is InChI=1S/C11H13FN2O3S/c1-8(15)7-14(2)18(16,17)11-5-3-4-10(12)9(11)6-13/h3-5,8,15H,7H2,1-2H3. The van der Waals surface area contributed by atoms with Crippen LogP contribution in [0.25, 0.3) is 0 Å². The summed E-state index contributed by atoms with van der Waals surface area (Å²) in [4.78, 5) is -0.395. The fourth-order valence-corrected chi connectivity index (χ4v) is 2.87. The lowest BCUT2D eigenvalue weighted by Gasteiger charge is -2.19. The van der Waals surface area contributed by atoms with Crippen LogP contribution >= 0.6 is 0 Å². The van der Waals surface area contributed by atoms with E-state index in [1.54, 1.807) is 0 Å². The summed E-state index contributed by atoms with van der Waals surface area (Å²) in [6.45, 7) is 1.30. The van der Waals surface area contributed by atoms with E-state index in [1.807, 2.05) is 0 Å². The van der Waals surface area contributed by atoms with E-state index in [4.69, 9.17) is 10.4 Å². The number of hydrogen-bond donors (Lipinski definition) is 1. The first-order valence-corrected chi connectivity index (χ1v) is 6.57. The minimum absolute atomic E-state index is 0.135. The molecule has 0 saturated carbocycles. The van der Waals surface area contributed by atoms with Crippen LogP contribution in [0.2, 0.25) is 0 Å². The molecule has 0 fully saturated rings.